The van der Waals surface area contributed by atoms with Gasteiger partial charge in [-0.25, -0.2) is 9.59 Å². The van der Waals surface area contributed by atoms with Gasteiger partial charge in [0, 0.05) is 25.1 Å². The third-order valence-corrected chi connectivity index (χ3v) is 3.33. The van der Waals surface area contributed by atoms with Gasteiger partial charge in [0.15, 0.2) is 0 Å². The molecular weight excluding hydrogens is 312 g/mol. The molecule has 0 saturated carbocycles. The number of esters is 1. The first-order valence-corrected chi connectivity index (χ1v) is 6.78. The number of carboxylic acid groups (broad SMARTS) is 1. The first kappa shape index (κ1) is 16.7. The standard InChI is InChI=1S/C13H16N2O8/c1-6-4-15(12(18)14-11(6)17)10-3-8(22-7(2)16)9(23-10)5-21-13(19)20/h4,8-10H,3,5H2,1-2H3,(H,19,20)(H,14,17,18)/t8-,9+,10+/m0/s1. The van der Waals surface area contributed by atoms with Crippen molar-refractivity contribution >= 4 is 12.1 Å². The number of hydrogen-bond acceptors (Lipinski definition) is 7. The van der Waals surface area contributed by atoms with E-state index in [0.29, 0.717) is 5.56 Å². The summed E-state index contributed by atoms with van der Waals surface area (Å²) < 4.78 is 16.3. The Balaban J connectivity index is 2.23. The zero-order valence-corrected chi connectivity index (χ0v) is 12.5. The molecule has 23 heavy (non-hydrogen) atoms. The molecular formula is C13H16N2O8. The summed E-state index contributed by atoms with van der Waals surface area (Å²) in [7, 11) is 0. The van der Waals surface area contributed by atoms with Crippen LogP contribution in [-0.4, -0.2) is 45.6 Å². The number of carbonyl (C=O) groups excluding carboxylic acids is 1. The van der Waals surface area contributed by atoms with Crippen molar-refractivity contribution in [2.24, 2.45) is 0 Å². The van der Waals surface area contributed by atoms with Crippen LogP contribution in [0.15, 0.2) is 15.8 Å². The van der Waals surface area contributed by atoms with Crippen LogP contribution in [0.1, 0.15) is 25.1 Å². The van der Waals surface area contributed by atoms with Crippen LogP contribution < -0.4 is 11.2 Å². The normalized spacial score (nSPS) is 23.5. The van der Waals surface area contributed by atoms with E-state index in [1.165, 1.54) is 20.0 Å². The van der Waals surface area contributed by atoms with E-state index in [0.717, 1.165) is 4.57 Å². The number of ether oxygens (including phenoxy) is 3. The molecule has 10 heteroatoms. The van der Waals surface area contributed by atoms with Crippen molar-refractivity contribution in [1.29, 1.82) is 0 Å². The molecule has 1 aliphatic rings. The Morgan fingerprint density at radius 3 is 2.78 bits per heavy atom. The second-order valence-corrected chi connectivity index (χ2v) is 5.07. The summed E-state index contributed by atoms with van der Waals surface area (Å²) in [6, 6.07) is 0. The molecule has 1 saturated heterocycles. The number of nitrogens with one attached hydrogen (secondary N) is 1. The van der Waals surface area contributed by atoms with Gasteiger partial charge in [0.25, 0.3) is 5.56 Å². The van der Waals surface area contributed by atoms with Gasteiger partial charge in [0.2, 0.25) is 0 Å². The molecule has 2 N–H and O–H groups in total. The average Bonchev–Trinajstić information content (AvgIpc) is 2.82. The van der Waals surface area contributed by atoms with Gasteiger partial charge in [-0.2, -0.15) is 0 Å². The summed E-state index contributed by atoms with van der Waals surface area (Å²) in [4.78, 5) is 47.0. The molecule has 1 aromatic heterocycles. The SMILES string of the molecule is CC(=O)O[C@H]1C[C@H](n2cc(C)c(=O)[nH]c2=O)O[C@@H]1COC(=O)O. The molecule has 1 fully saturated rings. The van der Waals surface area contributed by atoms with Crippen molar-refractivity contribution in [3.8, 4) is 0 Å². The second kappa shape index (κ2) is 6.65. The maximum absolute atomic E-state index is 11.9. The Hall–Kier alpha value is -2.62. The van der Waals surface area contributed by atoms with Crippen molar-refractivity contribution in [2.75, 3.05) is 6.61 Å². The minimum Gasteiger partial charge on any atom is -0.459 e. The van der Waals surface area contributed by atoms with Gasteiger partial charge in [-0.15, -0.1) is 0 Å². The third-order valence-electron chi connectivity index (χ3n) is 3.33. The summed E-state index contributed by atoms with van der Waals surface area (Å²) in [6.45, 7) is 2.39. The zero-order chi connectivity index (χ0) is 17.1. The fourth-order valence-corrected chi connectivity index (χ4v) is 2.31. The molecule has 3 atom stereocenters. The van der Waals surface area contributed by atoms with Crippen molar-refractivity contribution in [3.63, 3.8) is 0 Å². The van der Waals surface area contributed by atoms with E-state index >= 15 is 0 Å². The molecule has 1 aromatic rings. The molecule has 1 aliphatic heterocycles. The fourth-order valence-electron chi connectivity index (χ4n) is 2.31. The monoisotopic (exact) mass is 328 g/mol. The largest absolute Gasteiger partial charge is 0.505 e. The Bertz CT molecular complexity index is 721. The van der Waals surface area contributed by atoms with E-state index in [1.54, 1.807) is 0 Å². The van der Waals surface area contributed by atoms with Crippen LogP contribution in [0.2, 0.25) is 0 Å². The number of carbonyl (C=O) groups is 2. The second-order valence-electron chi connectivity index (χ2n) is 5.07. The van der Waals surface area contributed by atoms with Crippen molar-refractivity contribution in [3.05, 3.63) is 32.6 Å². The van der Waals surface area contributed by atoms with Crippen LogP contribution in [0.4, 0.5) is 4.79 Å². The van der Waals surface area contributed by atoms with Crippen LogP contribution in [0.25, 0.3) is 0 Å². The van der Waals surface area contributed by atoms with Gasteiger partial charge in [-0.05, 0) is 6.92 Å². The highest BCUT2D eigenvalue weighted by Crippen LogP contribution is 2.30. The minimum absolute atomic E-state index is 0.124. The van der Waals surface area contributed by atoms with Gasteiger partial charge >= 0.3 is 17.8 Å². The first-order chi connectivity index (χ1) is 10.8. The molecule has 0 amide bonds. The van der Waals surface area contributed by atoms with Crippen LogP contribution in [0, 0.1) is 6.92 Å². The molecule has 126 valence electrons. The van der Waals surface area contributed by atoms with Crippen LogP contribution in [0.5, 0.6) is 0 Å². The van der Waals surface area contributed by atoms with Crippen molar-refractivity contribution in [2.45, 2.75) is 38.7 Å². The number of aryl methyl sites for hydroxylation is 1. The van der Waals surface area contributed by atoms with E-state index in [-0.39, 0.29) is 13.0 Å². The quantitative estimate of drug-likeness (QED) is 0.722. The number of aromatic amines is 1. The summed E-state index contributed by atoms with van der Waals surface area (Å²) in [5, 5.41) is 8.56. The lowest BCUT2D eigenvalue weighted by Crippen LogP contribution is -2.33. The van der Waals surface area contributed by atoms with E-state index in [1.807, 2.05) is 0 Å². The predicted octanol–water partition coefficient (Wildman–Crippen LogP) is -0.241. The van der Waals surface area contributed by atoms with E-state index < -0.39 is 41.8 Å². The molecule has 10 nitrogen and oxygen atoms in total. The average molecular weight is 328 g/mol. The Morgan fingerprint density at radius 1 is 1.48 bits per heavy atom. The summed E-state index contributed by atoms with van der Waals surface area (Å²) >= 11 is 0. The van der Waals surface area contributed by atoms with Crippen LogP contribution >= 0.6 is 0 Å². The lowest BCUT2D eigenvalue weighted by Gasteiger charge is -2.17. The first-order valence-electron chi connectivity index (χ1n) is 6.78. The van der Waals surface area contributed by atoms with E-state index in [4.69, 9.17) is 14.6 Å². The fraction of sp³-hybridized carbons (Fsp3) is 0.538. The number of rotatable bonds is 4. The van der Waals surface area contributed by atoms with Crippen LogP contribution in [0.3, 0.4) is 0 Å². The minimum atomic E-state index is -1.49. The third kappa shape index (κ3) is 3.97. The topological polar surface area (TPSA) is 137 Å². The van der Waals surface area contributed by atoms with Crippen LogP contribution in [-0.2, 0) is 19.0 Å². The van der Waals surface area contributed by atoms with Gasteiger partial charge in [-0.3, -0.25) is 19.1 Å². The molecule has 0 unspecified atom stereocenters. The van der Waals surface area contributed by atoms with Gasteiger partial charge in [0.05, 0.1) is 0 Å². The molecule has 0 aromatic carbocycles. The van der Waals surface area contributed by atoms with Gasteiger partial charge < -0.3 is 19.3 Å². The molecule has 0 aliphatic carbocycles. The highest BCUT2D eigenvalue weighted by Gasteiger charge is 2.39. The smallest absolute Gasteiger partial charge is 0.459 e. The molecule has 0 bridgehead atoms. The number of hydrogen-bond donors (Lipinski definition) is 2. The van der Waals surface area contributed by atoms with Gasteiger partial charge in [0.1, 0.15) is 25.0 Å². The Labute approximate surface area is 129 Å². The van der Waals surface area contributed by atoms with E-state index in [9.17, 15) is 19.2 Å². The number of nitrogens with zero attached hydrogens (tertiary/aromatic N) is 1. The molecule has 2 rings (SSSR count). The van der Waals surface area contributed by atoms with Gasteiger partial charge in [-0.1, -0.05) is 0 Å². The highest BCUT2D eigenvalue weighted by atomic mass is 16.7. The predicted molar refractivity (Wildman–Crippen MR) is 74.1 cm³/mol. The maximum Gasteiger partial charge on any atom is 0.505 e. The zero-order valence-electron chi connectivity index (χ0n) is 12.5. The Morgan fingerprint density at radius 2 is 2.17 bits per heavy atom. The summed E-state index contributed by atoms with van der Waals surface area (Å²) in [5.74, 6) is -0.565. The lowest BCUT2D eigenvalue weighted by atomic mass is 10.2. The van der Waals surface area contributed by atoms with Crippen molar-refractivity contribution < 1.29 is 28.9 Å². The maximum atomic E-state index is 11.9. The molecule has 0 radical (unpaired) electrons. The number of aromatic nitrogens is 2. The molecule has 2 heterocycles. The number of H-pyrrole nitrogens is 1. The summed E-state index contributed by atoms with van der Waals surface area (Å²) in [5.41, 5.74) is -0.874. The van der Waals surface area contributed by atoms with Crippen molar-refractivity contribution in [1.82, 2.24) is 9.55 Å². The Kier molecular flexibility index (Phi) is 4.84. The summed E-state index contributed by atoms with van der Waals surface area (Å²) in [6.07, 6.45) is -2.47. The highest BCUT2D eigenvalue weighted by molar-refractivity contribution is 5.66. The molecule has 0 spiro atoms. The van der Waals surface area contributed by atoms with E-state index in [2.05, 4.69) is 9.72 Å². The lowest BCUT2D eigenvalue weighted by molar-refractivity contribution is -0.150.